The topological polar surface area (TPSA) is 53.3 Å². The van der Waals surface area contributed by atoms with Crippen molar-refractivity contribution >= 4 is 12.0 Å². The number of hydrogen-bond donors (Lipinski definition) is 0. The van der Waals surface area contributed by atoms with Gasteiger partial charge in [0.05, 0.1) is 36.9 Å². The number of ether oxygens (including phenoxy) is 1. The van der Waals surface area contributed by atoms with Crippen LogP contribution in [0.15, 0.2) is 30.3 Å². The molecule has 4 nitrogen and oxygen atoms in total. The predicted octanol–water partition coefficient (Wildman–Crippen LogP) is 2.21. The zero-order chi connectivity index (χ0) is 14.5. The van der Waals surface area contributed by atoms with E-state index in [2.05, 4.69) is 6.07 Å². The molecule has 0 radical (unpaired) electrons. The summed E-state index contributed by atoms with van der Waals surface area (Å²) >= 11 is 0. The molecule has 20 heavy (non-hydrogen) atoms. The Morgan fingerprint density at radius 3 is 2.75 bits per heavy atom. The number of carbonyl (C=O) groups excluding carboxylic acids is 1. The normalized spacial score (nSPS) is 22.8. The zero-order valence-corrected chi connectivity index (χ0v) is 11.7. The molecule has 0 spiro atoms. The zero-order valence-electron chi connectivity index (χ0n) is 11.7. The molecule has 2 rings (SSSR count). The maximum Gasteiger partial charge on any atom is 0.247 e. The maximum atomic E-state index is 12.3. The van der Waals surface area contributed by atoms with Crippen LogP contribution in [0.25, 0.3) is 6.08 Å². The van der Waals surface area contributed by atoms with E-state index in [-0.39, 0.29) is 18.0 Å². The molecule has 1 aliphatic heterocycles. The molecule has 0 aromatic heterocycles. The van der Waals surface area contributed by atoms with Crippen molar-refractivity contribution in [3.63, 3.8) is 0 Å². The first-order valence-electron chi connectivity index (χ1n) is 6.70. The van der Waals surface area contributed by atoms with Crippen molar-refractivity contribution in [3.8, 4) is 6.07 Å². The van der Waals surface area contributed by atoms with Crippen molar-refractivity contribution in [3.05, 3.63) is 41.5 Å². The van der Waals surface area contributed by atoms with E-state index in [4.69, 9.17) is 10.00 Å². The lowest BCUT2D eigenvalue weighted by atomic mass is 10.1. The van der Waals surface area contributed by atoms with Crippen molar-refractivity contribution in [2.75, 3.05) is 13.2 Å². The van der Waals surface area contributed by atoms with Crippen LogP contribution in [0.4, 0.5) is 0 Å². The molecule has 0 N–H and O–H groups in total. The monoisotopic (exact) mass is 270 g/mol. The second-order valence-electron chi connectivity index (χ2n) is 5.05. The van der Waals surface area contributed by atoms with Gasteiger partial charge in [0.15, 0.2) is 0 Å². The number of carbonyl (C=O) groups is 1. The van der Waals surface area contributed by atoms with Gasteiger partial charge < -0.3 is 9.64 Å². The average molecular weight is 270 g/mol. The second kappa shape index (κ2) is 6.36. The number of hydrogen-bond acceptors (Lipinski definition) is 3. The minimum absolute atomic E-state index is 0.0179. The summed E-state index contributed by atoms with van der Waals surface area (Å²) in [5.74, 6) is -0.0179. The Morgan fingerprint density at radius 1 is 1.40 bits per heavy atom. The fourth-order valence-electron chi connectivity index (χ4n) is 2.40. The first-order chi connectivity index (χ1) is 9.61. The molecule has 4 heteroatoms. The summed E-state index contributed by atoms with van der Waals surface area (Å²) in [4.78, 5) is 14.1. The highest BCUT2D eigenvalue weighted by molar-refractivity contribution is 5.92. The van der Waals surface area contributed by atoms with Gasteiger partial charge in [-0.2, -0.15) is 5.26 Å². The Labute approximate surface area is 119 Å². The highest BCUT2D eigenvalue weighted by atomic mass is 16.5. The fourth-order valence-corrected chi connectivity index (χ4v) is 2.40. The van der Waals surface area contributed by atoms with E-state index in [0.29, 0.717) is 18.8 Å². The third kappa shape index (κ3) is 3.25. The van der Waals surface area contributed by atoms with Crippen molar-refractivity contribution in [1.82, 2.24) is 4.90 Å². The predicted molar refractivity (Wildman–Crippen MR) is 76.8 cm³/mol. The van der Waals surface area contributed by atoms with Crippen LogP contribution >= 0.6 is 0 Å². The Hall–Kier alpha value is -2.12. The van der Waals surface area contributed by atoms with Gasteiger partial charge in [0.25, 0.3) is 0 Å². The summed E-state index contributed by atoms with van der Waals surface area (Å²) < 4.78 is 5.41. The summed E-state index contributed by atoms with van der Waals surface area (Å²) in [5, 5.41) is 8.85. The Morgan fingerprint density at radius 2 is 2.10 bits per heavy atom. The van der Waals surface area contributed by atoms with Gasteiger partial charge in [0, 0.05) is 6.08 Å². The van der Waals surface area contributed by atoms with E-state index >= 15 is 0 Å². The van der Waals surface area contributed by atoms with Crippen LogP contribution in [0.5, 0.6) is 0 Å². The van der Waals surface area contributed by atoms with Gasteiger partial charge in [-0.3, -0.25) is 4.79 Å². The van der Waals surface area contributed by atoms with Gasteiger partial charge in [0.1, 0.15) is 0 Å². The molecule has 1 aromatic carbocycles. The lowest BCUT2D eigenvalue weighted by Crippen LogP contribution is -2.51. The van der Waals surface area contributed by atoms with Crippen molar-refractivity contribution < 1.29 is 9.53 Å². The first kappa shape index (κ1) is 14.3. The number of nitrogens with zero attached hydrogens (tertiary/aromatic N) is 2. The van der Waals surface area contributed by atoms with E-state index < -0.39 is 0 Å². The first-order valence-corrected chi connectivity index (χ1v) is 6.70. The van der Waals surface area contributed by atoms with Crippen LogP contribution in [0.3, 0.4) is 0 Å². The van der Waals surface area contributed by atoms with Crippen LogP contribution in [0.1, 0.15) is 25.0 Å². The number of morpholine rings is 1. The van der Waals surface area contributed by atoms with Gasteiger partial charge in [-0.1, -0.05) is 12.1 Å². The molecule has 1 heterocycles. The third-order valence-electron chi connectivity index (χ3n) is 3.36. The lowest BCUT2D eigenvalue weighted by Gasteiger charge is -2.38. The highest BCUT2D eigenvalue weighted by Crippen LogP contribution is 2.14. The van der Waals surface area contributed by atoms with Crippen molar-refractivity contribution in [1.29, 1.82) is 5.26 Å². The van der Waals surface area contributed by atoms with Crippen LogP contribution in [-0.4, -0.2) is 36.1 Å². The van der Waals surface area contributed by atoms with E-state index in [9.17, 15) is 4.79 Å². The van der Waals surface area contributed by atoms with Crippen LogP contribution in [-0.2, 0) is 9.53 Å². The Bertz CT molecular complexity index is 550. The van der Waals surface area contributed by atoms with Crippen LogP contribution in [0.2, 0.25) is 0 Å². The summed E-state index contributed by atoms with van der Waals surface area (Å²) in [6, 6.07) is 9.44. The highest BCUT2D eigenvalue weighted by Gasteiger charge is 2.28. The molecule has 1 aromatic rings. The molecule has 0 saturated carbocycles. The standard InChI is InChI=1S/C16H18N2O2/c1-12-10-20-11-13(2)18(12)16(19)7-6-14-4-3-5-15(8-14)9-17/h3-8,12-13H,10-11H2,1-2H3. The largest absolute Gasteiger partial charge is 0.377 e. The SMILES string of the molecule is CC1COCC(C)N1C(=O)C=Cc1cccc(C#N)c1. The van der Waals surface area contributed by atoms with E-state index in [1.54, 1.807) is 24.3 Å². The quantitative estimate of drug-likeness (QED) is 0.774. The number of rotatable bonds is 2. The van der Waals surface area contributed by atoms with Crippen LogP contribution in [0, 0.1) is 11.3 Å². The van der Waals surface area contributed by atoms with E-state index in [0.717, 1.165) is 5.56 Å². The molecule has 0 bridgehead atoms. The fraction of sp³-hybridized carbons (Fsp3) is 0.375. The van der Waals surface area contributed by atoms with Crippen molar-refractivity contribution in [2.45, 2.75) is 25.9 Å². The molecule has 1 saturated heterocycles. The number of nitriles is 1. The van der Waals surface area contributed by atoms with Gasteiger partial charge in [-0.15, -0.1) is 0 Å². The molecule has 1 amide bonds. The van der Waals surface area contributed by atoms with Gasteiger partial charge in [-0.05, 0) is 37.6 Å². The molecular weight excluding hydrogens is 252 g/mol. The molecule has 2 unspecified atom stereocenters. The minimum atomic E-state index is -0.0179. The van der Waals surface area contributed by atoms with Gasteiger partial charge >= 0.3 is 0 Å². The maximum absolute atomic E-state index is 12.3. The lowest BCUT2D eigenvalue weighted by molar-refractivity contribution is -0.138. The minimum Gasteiger partial charge on any atom is -0.377 e. The molecule has 1 aliphatic rings. The Balaban J connectivity index is 2.10. The van der Waals surface area contributed by atoms with E-state index in [1.165, 1.54) is 0 Å². The second-order valence-corrected chi connectivity index (χ2v) is 5.05. The third-order valence-corrected chi connectivity index (χ3v) is 3.36. The molecular formula is C16H18N2O2. The van der Waals surface area contributed by atoms with Gasteiger partial charge in [-0.25, -0.2) is 0 Å². The molecule has 1 fully saturated rings. The van der Waals surface area contributed by atoms with E-state index in [1.807, 2.05) is 30.9 Å². The average Bonchev–Trinajstić information content (AvgIpc) is 2.45. The van der Waals surface area contributed by atoms with Crippen LogP contribution < -0.4 is 0 Å². The molecule has 2 atom stereocenters. The summed E-state index contributed by atoms with van der Waals surface area (Å²) in [6.07, 6.45) is 3.31. The molecule has 0 aliphatic carbocycles. The number of benzene rings is 1. The van der Waals surface area contributed by atoms with Gasteiger partial charge in [0.2, 0.25) is 5.91 Å². The smallest absolute Gasteiger partial charge is 0.247 e. The van der Waals surface area contributed by atoms with Crippen molar-refractivity contribution in [2.24, 2.45) is 0 Å². The summed E-state index contributed by atoms with van der Waals surface area (Å²) in [7, 11) is 0. The summed E-state index contributed by atoms with van der Waals surface area (Å²) in [5.41, 5.74) is 1.44. The number of amides is 1. The Kier molecular flexibility index (Phi) is 4.54. The summed E-state index contributed by atoms with van der Waals surface area (Å²) in [6.45, 7) is 5.12. The molecule has 104 valence electrons.